The van der Waals surface area contributed by atoms with Crippen LogP contribution in [-0.2, 0) is 16.5 Å². The average molecular weight is 366 g/mol. The predicted octanol–water partition coefficient (Wildman–Crippen LogP) is 3.51. The molecule has 0 radical (unpaired) electrons. The van der Waals surface area contributed by atoms with Gasteiger partial charge in [-0.3, -0.25) is 0 Å². The smallest absolute Gasteiger partial charge is 0.247 e. The molecule has 130 valence electrons. The van der Waals surface area contributed by atoms with Crippen molar-refractivity contribution in [3.05, 3.63) is 36.2 Å². The summed E-state index contributed by atoms with van der Waals surface area (Å²) in [6, 6.07) is 9.73. The Morgan fingerprint density at radius 3 is 2.46 bits per heavy atom. The minimum atomic E-state index is -1.20. The molecule has 1 aliphatic rings. The first kappa shape index (κ1) is 17.6. The van der Waals surface area contributed by atoms with E-state index in [1.54, 1.807) is 0 Å². The fourth-order valence-corrected chi connectivity index (χ4v) is 4.67. The van der Waals surface area contributed by atoms with Gasteiger partial charge in [0, 0.05) is 5.56 Å². The number of benzene rings is 1. The van der Waals surface area contributed by atoms with Crippen LogP contribution in [-0.4, -0.2) is 30.7 Å². The lowest BCUT2D eigenvalue weighted by molar-refractivity contribution is 0.284. The average Bonchev–Trinajstić information content (AvgIpc) is 3.06. The van der Waals surface area contributed by atoms with Crippen molar-refractivity contribution in [2.45, 2.75) is 43.9 Å². The van der Waals surface area contributed by atoms with E-state index < -0.39 is 16.5 Å². The third kappa shape index (κ3) is 3.73. The van der Waals surface area contributed by atoms with Crippen molar-refractivity contribution < 1.29 is 8.63 Å². The molecule has 1 atom stereocenters. The van der Waals surface area contributed by atoms with Gasteiger partial charge >= 0.3 is 0 Å². The van der Waals surface area contributed by atoms with Crippen LogP contribution < -0.4 is 4.72 Å². The molecule has 1 aromatic heterocycles. The molecule has 1 unspecified atom stereocenters. The molecule has 7 heteroatoms. The maximum absolute atomic E-state index is 12.7. The van der Waals surface area contributed by atoms with Gasteiger partial charge in [-0.2, -0.15) is 11.8 Å². The molecule has 1 N–H and O–H groups in total. The largest absolute Gasteiger partial charge is 0.419 e. The molecule has 0 spiro atoms. The fraction of sp³-hybridized carbons (Fsp3) is 0.529. The molecule has 1 aliphatic heterocycles. The fourth-order valence-electron chi connectivity index (χ4n) is 2.52. The summed E-state index contributed by atoms with van der Waals surface area (Å²) in [5, 5.41) is 8.51. The van der Waals surface area contributed by atoms with Gasteiger partial charge in [-0.05, 0) is 57.3 Å². The second-order valence-electron chi connectivity index (χ2n) is 6.96. The van der Waals surface area contributed by atoms with E-state index in [4.69, 9.17) is 4.42 Å². The predicted molar refractivity (Wildman–Crippen MR) is 99.0 cm³/mol. The quantitative estimate of drug-likeness (QED) is 0.898. The Morgan fingerprint density at radius 1 is 1.17 bits per heavy atom. The van der Waals surface area contributed by atoms with Crippen molar-refractivity contribution in [1.29, 1.82) is 0 Å². The van der Waals surface area contributed by atoms with Crippen molar-refractivity contribution in [3.63, 3.8) is 0 Å². The third-order valence-electron chi connectivity index (χ3n) is 4.05. The van der Waals surface area contributed by atoms with Crippen molar-refractivity contribution in [2.75, 3.05) is 11.5 Å². The van der Waals surface area contributed by atoms with E-state index in [2.05, 4.69) is 14.9 Å². The zero-order valence-electron chi connectivity index (χ0n) is 14.2. The Hall–Kier alpha value is -1.18. The summed E-state index contributed by atoms with van der Waals surface area (Å²) in [4.78, 5) is 0. The van der Waals surface area contributed by atoms with E-state index in [0.717, 1.165) is 29.9 Å². The van der Waals surface area contributed by atoms with Gasteiger partial charge in [-0.25, -0.2) is 8.93 Å². The highest BCUT2D eigenvalue weighted by Gasteiger charge is 2.42. The van der Waals surface area contributed by atoms with Crippen LogP contribution in [0, 0.1) is 0 Å². The topological polar surface area (TPSA) is 68.0 Å². The highest BCUT2D eigenvalue weighted by molar-refractivity contribution is 7.99. The highest BCUT2D eigenvalue weighted by Crippen LogP contribution is 2.37. The van der Waals surface area contributed by atoms with E-state index >= 15 is 0 Å². The van der Waals surface area contributed by atoms with Crippen molar-refractivity contribution in [2.24, 2.45) is 0 Å². The Kier molecular flexibility index (Phi) is 5.13. The molecule has 1 saturated heterocycles. The zero-order chi connectivity index (χ0) is 17.2. The molecule has 0 bridgehead atoms. The van der Waals surface area contributed by atoms with Gasteiger partial charge in [-0.1, -0.05) is 18.2 Å². The normalized spacial score (nSPS) is 19.1. The molecule has 3 rings (SSSR count). The molecular weight excluding hydrogens is 342 g/mol. The number of nitrogens with zero attached hydrogens (tertiary/aromatic N) is 2. The van der Waals surface area contributed by atoms with Gasteiger partial charge in [0.25, 0.3) is 0 Å². The molecule has 24 heavy (non-hydrogen) atoms. The summed E-state index contributed by atoms with van der Waals surface area (Å²) in [6.07, 6.45) is 1.66. The van der Waals surface area contributed by atoms with Gasteiger partial charge in [0.1, 0.15) is 5.54 Å². The maximum Gasteiger partial charge on any atom is 0.247 e. The van der Waals surface area contributed by atoms with Crippen LogP contribution >= 0.6 is 11.8 Å². The number of hydrogen-bond donors (Lipinski definition) is 1. The van der Waals surface area contributed by atoms with Gasteiger partial charge in [0.15, 0.2) is 0 Å². The number of rotatable bonds is 4. The summed E-state index contributed by atoms with van der Waals surface area (Å²) in [7, 11) is -1.20. The Bertz CT molecular complexity index is 704. The molecule has 0 amide bonds. The van der Waals surface area contributed by atoms with Crippen LogP contribution in [0.15, 0.2) is 34.7 Å². The van der Waals surface area contributed by atoms with Gasteiger partial charge in [0.2, 0.25) is 11.8 Å². The standard InChI is InChI=1S/C17H23N3O2S2/c1-16(2,3)24(21)20-17(9-11-23-12-10-17)15-19-18-14(22-15)13-7-5-4-6-8-13/h4-8,20H,9-12H2,1-3H3. The van der Waals surface area contributed by atoms with Crippen LogP contribution in [0.5, 0.6) is 0 Å². The van der Waals surface area contributed by atoms with Crippen LogP contribution in [0.4, 0.5) is 0 Å². The molecule has 1 aromatic carbocycles. The maximum atomic E-state index is 12.7. The first-order valence-corrected chi connectivity index (χ1v) is 10.4. The zero-order valence-corrected chi connectivity index (χ0v) is 15.9. The van der Waals surface area contributed by atoms with Gasteiger partial charge in [-0.15, -0.1) is 10.2 Å². The molecule has 0 aliphatic carbocycles. The van der Waals surface area contributed by atoms with Gasteiger partial charge < -0.3 is 4.42 Å². The van der Waals surface area contributed by atoms with Gasteiger partial charge in [0.05, 0.1) is 15.7 Å². The van der Waals surface area contributed by atoms with E-state index in [-0.39, 0.29) is 4.75 Å². The monoisotopic (exact) mass is 365 g/mol. The number of thioether (sulfide) groups is 1. The summed E-state index contributed by atoms with van der Waals surface area (Å²) in [5.41, 5.74) is 0.386. The summed E-state index contributed by atoms with van der Waals surface area (Å²) < 4.78 is 21.7. The first-order chi connectivity index (χ1) is 11.4. The summed E-state index contributed by atoms with van der Waals surface area (Å²) >= 11 is 1.90. The summed E-state index contributed by atoms with van der Waals surface area (Å²) in [5.74, 6) is 3.01. The third-order valence-corrected chi connectivity index (χ3v) is 6.72. The van der Waals surface area contributed by atoms with Crippen molar-refractivity contribution in [3.8, 4) is 11.5 Å². The van der Waals surface area contributed by atoms with Crippen LogP contribution in [0.25, 0.3) is 11.5 Å². The lowest BCUT2D eigenvalue weighted by atomic mass is 9.93. The minimum Gasteiger partial charge on any atom is -0.419 e. The van der Waals surface area contributed by atoms with E-state index in [0.29, 0.717) is 11.8 Å². The highest BCUT2D eigenvalue weighted by atomic mass is 32.2. The summed E-state index contributed by atoms with van der Waals surface area (Å²) in [6.45, 7) is 5.89. The minimum absolute atomic E-state index is 0.347. The Morgan fingerprint density at radius 2 is 1.83 bits per heavy atom. The molecule has 0 saturated carbocycles. The lowest BCUT2D eigenvalue weighted by Crippen LogP contribution is -2.50. The van der Waals surface area contributed by atoms with E-state index in [1.807, 2.05) is 62.9 Å². The molecule has 5 nitrogen and oxygen atoms in total. The molecule has 1 fully saturated rings. The molecular formula is C17H23N3O2S2. The molecule has 2 heterocycles. The number of nitrogens with one attached hydrogen (secondary N) is 1. The van der Waals surface area contributed by atoms with Crippen LogP contribution in [0.3, 0.4) is 0 Å². The lowest BCUT2D eigenvalue weighted by Gasteiger charge is -2.36. The SMILES string of the molecule is CC(C)(C)S(=O)NC1(c2nnc(-c3ccccc3)o2)CCSCC1. The second-order valence-corrected chi connectivity index (χ2v) is 10.1. The van der Waals surface area contributed by atoms with Crippen molar-refractivity contribution in [1.82, 2.24) is 14.9 Å². The Labute approximate surface area is 149 Å². The second kappa shape index (κ2) is 6.98. The van der Waals surface area contributed by atoms with Crippen LogP contribution in [0.1, 0.15) is 39.5 Å². The number of aromatic nitrogens is 2. The Balaban J connectivity index is 1.92. The van der Waals surface area contributed by atoms with Crippen LogP contribution in [0.2, 0.25) is 0 Å². The van der Waals surface area contributed by atoms with E-state index in [9.17, 15) is 4.21 Å². The van der Waals surface area contributed by atoms with E-state index in [1.165, 1.54) is 0 Å². The molecule has 2 aromatic rings. The number of hydrogen-bond acceptors (Lipinski definition) is 5. The first-order valence-electron chi connectivity index (χ1n) is 8.08. The van der Waals surface area contributed by atoms with Crippen molar-refractivity contribution >= 4 is 22.7 Å².